The van der Waals surface area contributed by atoms with Gasteiger partial charge in [0.25, 0.3) is 0 Å². The Hall–Kier alpha value is -3.88. The molecule has 0 radical (unpaired) electrons. The summed E-state index contributed by atoms with van der Waals surface area (Å²) in [6.45, 7) is 3.85. The Labute approximate surface area is 232 Å². The summed E-state index contributed by atoms with van der Waals surface area (Å²) >= 11 is 6.35. The number of hydrogen-bond donors (Lipinski definition) is 1. The first-order valence-corrected chi connectivity index (χ1v) is 13.7. The first-order chi connectivity index (χ1) is 19.0. The number of carbonyl (C=O) groups is 1. The molecule has 7 heteroatoms. The van der Waals surface area contributed by atoms with Crippen molar-refractivity contribution >= 4 is 28.6 Å². The quantitative estimate of drug-likeness (QED) is 0.341. The van der Waals surface area contributed by atoms with E-state index in [1.165, 1.54) is 0 Å². The van der Waals surface area contributed by atoms with E-state index in [0.29, 0.717) is 49.1 Å². The molecule has 3 heterocycles. The highest BCUT2D eigenvalue weighted by Crippen LogP contribution is 2.40. The van der Waals surface area contributed by atoms with Crippen molar-refractivity contribution in [3.05, 3.63) is 99.3 Å². The Bertz CT molecular complexity index is 1570. The summed E-state index contributed by atoms with van der Waals surface area (Å²) in [6.07, 6.45) is 14.0. The number of fused-ring (bicyclic) bond motifs is 3. The number of rotatable bonds is 4. The molecule has 0 saturated carbocycles. The van der Waals surface area contributed by atoms with E-state index < -0.39 is 6.09 Å². The molecule has 1 saturated heterocycles. The van der Waals surface area contributed by atoms with E-state index in [4.69, 9.17) is 25.8 Å². The Balaban J connectivity index is 1.32. The molecule has 1 N–H and O–H groups in total. The number of halogens is 1. The van der Waals surface area contributed by atoms with Gasteiger partial charge in [-0.25, -0.2) is 4.79 Å². The van der Waals surface area contributed by atoms with Crippen molar-refractivity contribution < 1.29 is 19.0 Å². The second kappa shape index (κ2) is 11.1. The van der Waals surface area contributed by atoms with E-state index >= 15 is 0 Å². The smallest absolute Gasteiger partial charge is 0.415 e. The number of ether oxygens (including phenoxy) is 3. The third kappa shape index (κ3) is 5.48. The van der Waals surface area contributed by atoms with Gasteiger partial charge in [0, 0.05) is 41.0 Å². The molecule has 1 amide bonds. The third-order valence-corrected chi connectivity index (χ3v) is 7.55. The molecule has 6 rings (SSSR count). The van der Waals surface area contributed by atoms with Crippen LogP contribution in [0.2, 0.25) is 5.02 Å². The second-order valence-corrected chi connectivity index (χ2v) is 10.4. The highest BCUT2D eigenvalue weighted by atomic mass is 35.5. The molecule has 1 aromatic heterocycles. The minimum Gasteiger partial charge on any atom is -0.483 e. The third-order valence-electron chi connectivity index (χ3n) is 7.32. The van der Waals surface area contributed by atoms with E-state index in [9.17, 15) is 4.79 Å². The molecular weight excluding hydrogens is 512 g/mol. The van der Waals surface area contributed by atoms with Crippen LogP contribution in [0.3, 0.4) is 0 Å². The van der Waals surface area contributed by atoms with Gasteiger partial charge in [-0.05, 0) is 78.6 Å². The lowest BCUT2D eigenvalue weighted by Crippen LogP contribution is -2.41. The lowest BCUT2D eigenvalue weighted by atomic mass is 9.92. The maximum Gasteiger partial charge on any atom is 0.415 e. The molecule has 1 atom stereocenters. The summed E-state index contributed by atoms with van der Waals surface area (Å²) < 4.78 is 17.5. The van der Waals surface area contributed by atoms with E-state index in [0.717, 1.165) is 46.1 Å². The van der Waals surface area contributed by atoms with Gasteiger partial charge in [-0.1, -0.05) is 35.2 Å². The number of nitrogens with one attached hydrogen (secondary N) is 1. The van der Waals surface area contributed by atoms with Crippen LogP contribution >= 0.6 is 11.6 Å². The monoisotopic (exact) mass is 540 g/mol. The number of aromatic nitrogens is 1. The van der Waals surface area contributed by atoms with Gasteiger partial charge in [-0.3, -0.25) is 4.90 Å². The number of benzene rings is 1. The van der Waals surface area contributed by atoms with Crippen LogP contribution in [0.25, 0.3) is 10.9 Å². The molecule has 6 nitrogen and oxygen atoms in total. The average Bonchev–Trinajstić information content (AvgIpc) is 3.05. The Morgan fingerprint density at radius 2 is 2.05 bits per heavy atom. The Kier molecular flexibility index (Phi) is 7.22. The van der Waals surface area contributed by atoms with E-state index in [1.54, 1.807) is 4.90 Å². The van der Waals surface area contributed by atoms with Crippen LogP contribution in [-0.2, 0) is 20.6 Å². The van der Waals surface area contributed by atoms with Gasteiger partial charge >= 0.3 is 6.09 Å². The van der Waals surface area contributed by atoms with Gasteiger partial charge in [0.1, 0.15) is 17.9 Å². The first kappa shape index (κ1) is 25.4. The minimum atomic E-state index is -0.405. The largest absolute Gasteiger partial charge is 0.483 e. The summed E-state index contributed by atoms with van der Waals surface area (Å²) in [6, 6.07) is 5.45. The number of H-pyrrole nitrogens is 1. The van der Waals surface area contributed by atoms with Crippen LogP contribution < -0.4 is 0 Å². The highest BCUT2D eigenvalue weighted by molar-refractivity contribution is 6.31. The molecular formula is C32H29ClN2O4. The fourth-order valence-electron chi connectivity index (χ4n) is 5.36. The lowest BCUT2D eigenvalue weighted by Gasteiger charge is -2.36. The molecule has 2 aromatic rings. The van der Waals surface area contributed by atoms with Crippen molar-refractivity contribution in [2.75, 3.05) is 19.8 Å². The number of amides is 1. The summed E-state index contributed by atoms with van der Waals surface area (Å²) in [5.74, 6) is 7.31. The van der Waals surface area contributed by atoms with Gasteiger partial charge in [-0.15, -0.1) is 0 Å². The van der Waals surface area contributed by atoms with Crippen LogP contribution in [0.5, 0.6) is 0 Å². The van der Waals surface area contributed by atoms with Crippen molar-refractivity contribution in [1.29, 1.82) is 0 Å². The molecule has 1 fully saturated rings. The minimum absolute atomic E-state index is 0.112. The van der Waals surface area contributed by atoms with E-state index in [2.05, 4.69) is 22.6 Å². The molecule has 0 bridgehead atoms. The predicted molar refractivity (Wildman–Crippen MR) is 151 cm³/mol. The topological polar surface area (TPSA) is 63.8 Å². The Morgan fingerprint density at radius 3 is 2.92 bits per heavy atom. The number of nitrogens with zero attached hydrogens (tertiary/aromatic N) is 1. The van der Waals surface area contributed by atoms with E-state index in [1.807, 2.05) is 61.6 Å². The van der Waals surface area contributed by atoms with Crippen molar-refractivity contribution in [3.8, 4) is 11.8 Å². The summed E-state index contributed by atoms with van der Waals surface area (Å²) in [5, 5.41) is 1.76. The highest BCUT2D eigenvalue weighted by Gasteiger charge is 2.36. The molecule has 2 aliphatic carbocycles. The van der Waals surface area contributed by atoms with Crippen LogP contribution in [-0.4, -0.2) is 41.8 Å². The number of aromatic amines is 1. The lowest BCUT2D eigenvalue weighted by molar-refractivity contribution is -0.000471. The van der Waals surface area contributed by atoms with Crippen LogP contribution in [0.15, 0.2) is 83.1 Å². The van der Waals surface area contributed by atoms with Crippen molar-refractivity contribution in [2.45, 2.75) is 44.8 Å². The summed E-state index contributed by atoms with van der Waals surface area (Å²) in [7, 11) is 0. The maximum atomic E-state index is 13.6. The van der Waals surface area contributed by atoms with Crippen molar-refractivity contribution in [1.82, 2.24) is 9.88 Å². The fraction of sp³-hybridized carbons (Fsp3) is 0.312. The van der Waals surface area contributed by atoms with Gasteiger partial charge < -0.3 is 19.2 Å². The van der Waals surface area contributed by atoms with E-state index in [-0.39, 0.29) is 12.1 Å². The second-order valence-electron chi connectivity index (χ2n) is 9.99. The molecule has 2 aliphatic heterocycles. The molecule has 39 heavy (non-hydrogen) atoms. The predicted octanol–water partition coefficient (Wildman–Crippen LogP) is 6.83. The molecule has 0 spiro atoms. The summed E-state index contributed by atoms with van der Waals surface area (Å²) in [5.41, 5.74) is 8.22. The van der Waals surface area contributed by atoms with Crippen LogP contribution in [0.1, 0.15) is 43.5 Å². The van der Waals surface area contributed by atoms with Gasteiger partial charge in [-0.2, -0.15) is 0 Å². The van der Waals surface area contributed by atoms with Crippen LogP contribution in [0.4, 0.5) is 4.79 Å². The molecule has 4 aliphatic rings. The SMILES string of the molecule is CC1=CC=C(OC(=O)N2CCc3c([nH]c4ccc(Cl)cc34)C2C2=CC=C=C(OC3CCOCC3)C=C2)CC#C1. The first-order valence-electron chi connectivity index (χ1n) is 13.3. The molecule has 198 valence electrons. The van der Waals surface area contributed by atoms with Crippen molar-refractivity contribution in [2.24, 2.45) is 0 Å². The standard InChI is InChI=1S/C32H29ClN2O4/c1-21-4-2-6-25(11-8-21)39-32(36)35-17-14-27-28-20-23(33)10-13-29(28)34-30(27)31(35)22-5-3-7-24(12-9-22)38-26-15-18-37-19-16-26/h3,5,8-13,20,26,31,34H,6,14-19H2,1H3. The number of hydrogen-bond acceptors (Lipinski definition) is 4. The normalized spacial score (nSPS) is 21.0. The zero-order valence-electron chi connectivity index (χ0n) is 21.8. The fourth-order valence-corrected chi connectivity index (χ4v) is 5.53. The van der Waals surface area contributed by atoms with Gasteiger partial charge in [0.05, 0.1) is 19.6 Å². The van der Waals surface area contributed by atoms with Crippen LogP contribution in [0, 0.1) is 11.8 Å². The molecule has 1 unspecified atom stereocenters. The average molecular weight is 541 g/mol. The zero-order chi connectivity index (χ0) is 26.8. The van der Waals surface area contributed by atoms with Crippen molar-refractivity contribution in [3.63, 3.8) is 0 Å². The molecule has 1 aromatic carbocycles. The Morgan fingerprint density at radius 1 is 1.18 bits per heavy atom. The van der Waals surface area contributed by atoms with Gasteiger partial charge in [0.2, 0.25) is 0 Å². The number of allylic oxidation sites excluding steroid dienone is 6. The van der Waals surface area contributed by atoms with Gasteiger partial charge in [0.15, 0.2) is 5.76 Å². The number of carbonyl (C=O) groups excluding carboxylic acids is 1. The summed E-state index contributed by atoms with van der Waals surface area (Å²) in [4.78, 5) is 19.0. The maximum absolute atomic E-state index is 13.6. The zero-order valence-corrected chi connectivity index (χ0v) is 22.5.